The smallest absolute Gasteiger partial charge is 0.0433 e. The molecular formula is C11H16N2. The summed E-state index contributed by atoms with van der Waals surface area (Å²) >= 11 is 0. The molecule has 13 heavy (non-hydrogen) atoms. The van der Waals surface area contributed by atoms with Gasteiger partial charge in [0.25, 0.3) is 0 Å². The normalized spacial score (nSPS) is 20.5. The van der Waals surface area contributed by atoms with Crippen LogP contribution >= 0.6 is 0 Å². The minimum Gasteiger partial charge on any atom is -0.371 e. The van der Waals surface area contributed by atoms with Gasteiger partial charge in [0.05, 0.1) is 0 Å². The van der Waals surface area contributed by atoms with Crippen LogP contribution in [0.3, 0.4) is 0 Å². The summed E-state index contributed by atoms with van der Waals surface area (Å²) in [5.74, 6) is 0.698. The highest BCUT2D eigenvalue weighted by molar-refractivity contribution is 5.58. The SMILES string of the molecule is CCC1CN(CC)c2ccncc21. The van der Waals surface area contributed by atoms with Crippen LogP contribution in [0.15, 0.2) is 18.5 Å². The van der Waals surface area contributed by atoms with Gasteiger partial charge in [-0.2, -0.15) is 0 Å². The molecule has 0 bridgehead atoms. The topological polar surface area (TPSA) is 16.1 Å². The van der Waals surface area contributed by atoms with Crippen molar-refractivity contribution in [2.45, 2.75) is 26.2 Å². The molecule has 0 spiro atoms. The molecule has 0 radical (unpaired) electrons. The van der Waals surface area contributed by atoms with Crippen molar-refractivity contribution in [3.05, 3.63) is 24.0 Å². The van der Waals surface area contributed by atoms with E-state index in [9.17, 15) is 0 Å². The Morgan fingerprint density at radius 2 is 2.38 bits per heavy atom. The lowest BCUT2D eigenvalue weighted by Gasteiger charge is -2.16. The van der Waals surface area contributed by atoms with E-state index in [1.807, 2.05) is 12.4 Å². The van der Waals surface area contributed by atoms with Gasteiger partial charge in [-0.1, -0.05) is 6.92 Å². The highest BCUT2D eigenvalue weighted by Crippen LogP contribution is 2.36. The Labute approximate surface area is 79.6 Å². The zero-order chi connectivity index (χ0) is 9.26. The zero-order valence-corrected chi connectivity index (χ0v) is 8.33. The van der Waals surface area contributed by atoms with Crippen LogP contribution in [0.25, 0.3) is 0 Å². The number of hydrogen-bond acceptors (Lipinski definition) is 2. The Hall–Kier alpha value is -1.05. The zero-order valence-electron chi connectivity index (χ0n) is 8.33. The molecule has 0 aromatic carbocycles. The van der Waals surface area contributed by atoms with E-state index in [4.69, 9.17) is 0 Å². The monoisotopic (exact) mass is 176 g/mol. The van der Waals surface area contributed by atoms with E-state index >= 15 is 0 Å². The number of fused-ring (bicyclic) bond motifs is 1. The van der Waals surface area contributed by atoms with Crippen molar-refractivity contribution in [3.63, 3.8) is 0 Å². The Kier molecular flexibility index (Phi) is 2.21. The lowest BCUT2D eigenvalue weighted by molar-refractivity contribution is 0.679. The van der Waals surface area contributed by atoms with Crippen LogP contribution in [0.5, 0.6) is 0 Å². The molecular weight excluding hydrogens is 160 g/mol. The summed E-state index contributed by atoms with van der Waals surface area (Å²) in [6.07, 6.45) is 5.13. The van der Waals surface area contributed by atoms with Crippen LogP contribution in [-0.2, 0) is 0 Å². The first-order valence-electron chi connectivity index (χ1n) is 5.05. The third kappa shape index (κ3) is 1.30. The second-order valence-corrected chi connectivity index (χ2v) is 3.58. The van der Waals surface area contributed by atoms with Crippen molar-refractivity contribution in [1.82, 2.24) is 4.98 Å². The molecule has 70 valence electrons. The fraction of sp³-hybridized carbons (Fsp3) is 0.545. The van der Waals surface area contributed by atoms with E-state index < -0.39 is 0 Å². The van der Waals surface area contributed by atoms with Gasteiger partial charge in [0.1, 0.15) is 0 Å². The van der Waals surface area contributed by atoms with Crippen LogP contribution in [0.2, 0.25) is 0 Å². The molecule has 0 fully saturated rings. The van der Waals surface area contributed by atoms with E-state index in [2.05, 4.69) is 29.8 Å². The molecule has 2 heteroatoms. The first-order valence-corrected chi connectivity index (χ1v) is 5.05. The van der Waals surface area contributed by atoms with E-state index in [1.54, 1.807) is 0 Å². The number of anilines is 1. The van der Waals surface area contributed by atoms with Gasteiger partial charge >= 0.3 is 0 Å². The Bertz CT molecular complexity index is 267. The largest absolute Gasteiger partial charge is 0.371 e. The molecule has 2 heterocycles. The van der Waals surface area contributed by atoms with Crippen molar-refractivity contribution in [3.8, 4) is 0 Å². The maximum Gasteiger partial charge on any atom is 0.0433 e. The molecule has 0 saturated heterocycles. The quantitative estimate of drug-likeness (QED) is 0.688. The van der Waals surface area contributed by atoms with Crippen LogP contribution in [-0.4, -0.2) is 18.1 Å². The molecule has 0 N–H and O–H groups in total. The molecule has 1 aromatic rings. The number of hydrogen-bond donors (Lipinski definition) is 0. The summed E-state index contributed by atoms with van der Waals surface area (Å²) in [7, 11) is 0. The van der Waals surface area contributed by atoms with Gasteiger partial charge in [-0.05, 0) is 25.0 Å². The van der Waals surface area contributed by atoms with Crippen LogP contribution in [0, 0.1) is 0 Å². The van der Waals surface area contributed by atoms with Gasteiger partial charge in [-0.3, -0.25) is 4.98 Å². The lowest BCUT2D eigenvalue weighted by atomic mass is 10.0. The summed E-state index contributed by atoms with van der Waals surface area (Å²) in [5, 5.41) is 0. The van der Waals surface area contributed by atoms with Gasteiger partial charge < -0.3 is 4.90 Å². The fourth-order valence-corrected chi connectivity index (χ4v) is 2.11. The Balaban J connectivity index is 2.38. The van der Waals surface area contributed by atoms with E-state index in [0.29, 0.717) is 5.92 Å². The predicted molar refractivity (Wildman–Crippen MR) is 55.2 cm³/mol. The average Bonchev–Trinajstić information content (AvgIpc) is 2.56. The number of rotatable bonds is 2. The number of pyridine rings is 1. The van der Waals surface area contributed by atoms with Crippen molar-refractivity contribution < 1.29 is 0 Å². The molecule has 1 aromatic heterocycles. The number of aromatic nitrogens is 1. The fourth-order valence-electron chi connectivity index (χ4n) is 2.11. The minimum atomic E-state index is 0.698. The molecule has 0 saturated carbocycles. The molecule has 2 rings (SSSR count). The molecule has 0 amide bonds. The first kappa shape index (κ1) is 8.54. The van der Waals surface area contributed by atoms with Crippen molar-refractivity contribution in [2.24, 2.45) is 0 Å². The van der Waals surface area contributed by atoms with Gasteiger partial charge in [-0.15, -0.1) is 0 Å². The molecule has 2 nitrogen and oxygen atoms in total. The van der Waals surface area contributed by atoms with E-state index in [-0.39, 0.29) is 0 Å². The Morgan fingerprint density at radius 1 is 1.54 bits per heavy atom. The summed E-state index contributed by atoms with van der Waals surface area (Å²) in [5.41, 5.74) is 2.83. The maximum absolute atomic E-state index is 4.20. The van der Waals surface area contributed by atoms with Crippen molar-refractivity contribution in [1.29, 1.82) is 0 Å². The highest BCUT2D eigenvalue weighted by atomic mass is 15.1. The van der Waals surface area contributed by atoms with Gasteiger partial charge in [-0.25, -0.2) is 0 Å². The summed E-state index contributed by atoms with van der Waals surface area (Å²) in [6.45, 7) is 6.74. The molecule has 1 aliphatic rings. The molecule has 0 aliphatic carbocycles. The second-order valence-electron chi connectivity index (χ2n) is 3.58. The molecule has 1 atom stereocenters. The van der Waals surface area contributed by atoms with Crippen LogP contribution in [0.1, 0.15) is 31.7 Å². The van der Waals surface area contributed by atoms with Crippen LogP contribution in [0.4, 0.5) is 5.69 Å². The van der Waals surface area contributed by atoms with Crippen molar-refractivity contribution >= 4 is 5.69 Å². The van der Waals surface area contributed by atoms with Crippen LogP contribution < -0.4 is 4.90 Å². The second kappa shape index (κ2) is 3.36. The molecule has 1 aliphatic heterocycles. The number of nitrogens with zero attached hydrogens (tertiary/aromatic N) is 2. The van der Waals surface area contributed by atoms with Gasteiger partial charge in [0.15, 0.2) is 0 Å². The summed E-state index contributed by atoms with van der Waals surface area (Å²) < 4.78 is 0. The summed E-state index contributed by atoms with van der Waals surface area (Å²) in [4.78, 5) is 6.63. The average molecular weight is 176 g/mol. The van der Waals surface area contributed by atoms with Gasteiger partial charge in [0.2, 0.25) is 0 Å². The van der Waals surface area contributed by atoms with Crippen molar-refractivity contribution in [2.75, 3.05) is 18.0 Å². The molecule has 1 unspecified atom stereocenters. The third-order valence-corrected chi connectivity index (χ3v) is 2.92. The highest BCUT2D eigenvalue weighted by Gasteiger charge is 2.25. The predicted octanol–water partition coefficient (Wildman–Crippen LogP) is 2.42. The lowest BCUT2D eigenvalue weighted by Crippen LogP contribution is -2.20. The maximum atomic E-state index is 4.20. The third-order valence-electron chi connectivity index (χ3n) is 2.92. The number of likely N-dealkylation sites (N-methyl/N-ethyl adjacent to an activating group) is 1. The standard InChI is InChI=1S/C11H16N2/c1-3-9-8-13(4-2)11-5-6-12-7-10(9)11/h5-7,9H,3-4,8H2,1-2H3. The van der Waals surface area contributed by atoms with E-state index in [1.165, 1.54) is 24.2 Å². The van der Waals surface area contributed by atoms with E-state index in [0.717, 1.165) is 6.54 Å². The van der Waals surface area contributed by atoms with Gasteiger partial charge in [0, 0.05) is 37.1 Å². The summed E-state index contributed by atoms with van der Waals surface area (Å²) in [6, 6.07) is 2.13. The first-order chi connectivity index (χ1) is 6.36. The Morgan fingerprint density at radius 3 is 3.08 bits per heavy atom. The minimum absolute atomic E-state index is 0.698.